The van der Waals surface area contributed by atoms with Crippen LogP contribution in [0.25, 0.3) is 0 Å². The van der Waals surface area contributed by atoms with E-state index in [0.717, 1.165) is 0 Å². The molecule has 0 spiro atoms. The van der Waals surface area contributed by atoms with Crippen LogP contribution in [-0.2, 0) is 0 Å². The highest BCUT2D eigenvalue weighted by Crippen LogP contribution is 2.19. The first kappa shape index (κ1) is 9.45. The van der Waals surface area contributed by atoms with Crippen molar-refractivity contribution in [2.75, 3.05) is 0 Å². The Morgan fingerprint density at radius 3 is 3.08 bits per heavy atom. The number of nitrogens with two attached hydrogens (primary N) is 2. The maximum Gasteiger partial charge on any atom is 0.125 e. The molecule has 2 atom stereocenters. The molecular formula is C8H12ClN3. The van der Waals surface area contributed by atoms with E-state index in [-0.39, 0.29) is 0 Å². The minimum Gasteiger partial charge on any atom is -0.320 e. The molecule has 0 aromatic heterocycles. The Labute approximate surface area is 76.8 Å². The molecule has 1 aliphatic rings. The molecule has 0 aromatic carbocycles. The third-order valence-electron chi connectivity index (χ3n) is 1.92. The molecule has 3 nitrogen and oxygen atoms in total. The first-order valence-corrected chi connectivity index (χ1v) is 4.04. The molecule has 1 heterocycles. The Balaban J connectivity index is 2.87. The molecule has 4 N–H and O–H groups in total. The Kier molecular flexibility index (Phi) is 2.67. The maximum atomic E-state index is 5.96. The van der Waals surface area contributed by atoms with Crippen LogP contribution < -0.4 is 11.5 Å². The molecule has 12 heavy (non-hydrogen) atoms. The lowest BCUT2D eigenvalue weighted by atomic mass is 9.87. The van der Waals surface area contributed by atoms with Crippen molar-refractivity contribution >= 4 is 16.8 Å². The van der Waals surface area contributed by atoms with Gasteiger partial charge in [-0.1, -0.05) is 17.7 Å². The van der Waals surface area contributed by atoms with Crippen LogP contribution in [0.15, 0.2) is 29.9 Å². The van der Waals surface area contributed by atoms with Gasteiger partial charge in [0.1, 0.15) is 5.17 Å². The van der Waals surface area contributed by atoms with Crippen molar-refractivity contribution in [1.29, 1.82) is 0 Å². The number of hydrogen-bond acceptors (Lipinski definition) is 3. The van der Waals surface area contributed by atoms with Crippen LogP contribution in [0.5, 0.6) is 0 Å². The average molecular weight is 186 g/mol. The van der Waals surface area contributed by atoms with E-state index in [9.17, 15) is 0 Å². The van der Waals surface area contributed by atoms with Gasteiger partial charge in [0, 0.05) is 6.20 Å². The van der Waals surface area contributed by atoms with Gasteiger partial charge in [-0.25, -0.2) is 4.99 Å². The topological polar surface area (TPSA) is 64.4 Å². The van der Waals surface area contributed by atoms with Crippen molar-refractivity contribution in [3.05, 3.63) is 24.9 Å². The van der Waals surface area contributed by atoms with Gasteiger partial charge in [-0.3, -0.25) is 0 Å². The maximum absolute atomic E-state index is 5.96. The van der Waals surface area contributed by atoms with Crippen molar-refractivity contribution in [1.82, 2.24) is 0 Å². The van der Waals surface area contributed by atoms with E-state index in [2.05, 4.69) is 11.6 Å². The molecule has 66 valence electrons. The van der Waals surface area contributed by atoms with Gasteiger partial charge in [0.2, 0.25) is 0 Å². The molecule has 0 fully saturated rings. The predicted octanol–water partition coefficient (Wildman–Crippen LogP) is 0.752. The van der Waals surface area contributed by atoms with Gasteiger partial charge < -0.3 is 11.5 Å². The Morgan fingerprint density at radius 2 is 2.50 bits per heavy atom. The summed E-state index contributed by atoms with van der Waals surface area (Å²) >= 11 is 5.75. The standard InChI is InChI=1S/C8H12ClN3/c1-2-3-8(11)4-5-12-7(9)6(8)10/h2,4-6H,1,3,10-11H2. The average Bonchev–Trinajstić information content (AvgIpc) is 2.01. The zero-order valence-electron chi connectivity index (χ0n) is 6.70. The van der Waals surface area contributed by atoms with Gasteiger partial charge in [0.15, 0.2) is 0 Å². The third kappa shape index (κ3) is 1.58. The van der Waals surface area contributed by atoms with Gasteiger partial charge in [-0.2, -0.15) is 0 Å². The second-order valence-electron chi connectivity index (χ2n) is 2.85. The van der Waals surface area contributed by atoms with Crippen LogP contribution in [0.4, 0.5) is 0 Å². The molecule has 0 amide bonds. The van der Waals surface area contributed by atoms with E-state index < -0.39 is 11.6 Å². The number of nitrogens with zero attached hydrogens (tertiary/aromatic N) is 1. The largest absolute Gasteiger partial charge is 0.320 e. The molecular weight excluding hydrogens is 174 g/mol. The lowest BCUT2D eigenvalue weighted by Crippen LogP contribution is -2.57. The van der Waals surface area contributed by atoms with Crippen LogP contribution >= 0.6 is 11.6 Å². The summed E-state index contributed by atoms with van der Waals surface area (Å²) < 4.78 is 0. The van der Waals surface area contributed by atoms with Crippen LogP contribution in [0, 0.1) is 0 Å². The van der Waals surface area contributed by atoms with Gasteiger partial charge in [0.05, 0.1) is 11.6 Å². The second-order valence-corrected chi connectivity index (χ2v) is 3.24. The highest BCUT2D eigenvalue weighted by atomic mass is 35.5. The Morgan fingerprint density at radius 1 is 1.83 bits per heavy atom. The molecule has 0 bridgehead atoms. The molecule has 0 radical (unpaired) electrons. The lowest BCUT2D eigenvalue weighted by molar-refractivity contribution is 0.494. The summed E-state index contributed by atoms with van der Waals surface area (Å²) in [6.45, 7) is 3.61. The van der Waals surface area contributed by atoms with E-state index in [1.807, 2.05) is 0 Å². The first-order chi connectivity index (χ1) is 5.60. The summed E-state index contributed by atoms with van der Waals surface area (Å²) in [5.41, 5.74) is 11.1. The van der Waals surface area contributed by atoms with Gasteiger partial charge in [0.25, 0.3) is 0 Å². The van der Waals surface area contributed by atoms with E-state index in [1.165, 1.54) is 0 Å². The fourth-order valence-corrected chi connectivity index (χ4v) is 1.36. The number of aliphatic imine (C=N–C) groups is 1. The minimum absolute atomic E-state index is 0.349. The molecule has 1 rings (SSSR count). The van der Waals surface area contributed by atoms with Crippen LogP contribution in [0.2, 0.25) is 0 Å². The SMILES string of the molecule is C=CCC1(N)C=CN=C(Cl)C1N. The second kappa shape index (κ2) is 3.39. The number of rotatable bonds is 2. The molecule has 0 saturated carbocycles. The van der Waals surface area contributed by atoms with Gasteiger partial charge in [-0.05, 0) is 12.5 Å². The molecule has 2 unspecified atom stereocenters. The summed E-state index contributed by atoms with van der Waals surface area (Å²) in [6.07, 6.45) is 5.65. The summed E-state index contributed by atoms with van der Waals surface area (Å²) in [5.74, 6) is 0. The van der Waals surface area contributed by atoms with Crippen molar-refractivity contribution in [2.24, 2.45) is 16.5 Å². The van der Waals surface area contributed by atoms with E-state index in [4.69, 9.17) is 23.1 Å². The first-order valence-electron chi connectivity index (χ1n) is 3.66. The van der Waals surface area contributed by atoms with Crippen molar-refractivity contribution in [2.45, 2.75) is 18.0 Å². The lowest BCUT2D eigenvalue weighted by Gasteiger charge is -2.32. The highest BCUT2D eigenvalue weighted by Gasteiger charge is 2.33. The van der Waals surface area contributed by atoms with E-state index >= 15 is 0 Å². The fourth-order valence-electron chi connectivity index (χ4n) is 1.10. The van der Waals surface area contributed by atoms with Crippen molar-refractivity contribution < 1.29 is 0 Å². The zero-order valence-corrected chi connectivity index (χ0v) is 7.46. The third-order valence-corrected chi connectivity index (χ3v) is 2.25. The predicted molar refractivity (Wildman–Crippen MR) is 52.1 cm³/mol. The number of halogens is 1. The van der Waals surface area contributed by atoms with E-state index in [0.29, 0.717) is 11.6 Å². The summed E-state index contributed by atoms with van der Waals surface area (Å²) in [4.78, 5) is 3.85. The minimum atomic E-state index is -0.624. The molecule has 0 aliphatic carbocycles. The van der Waals surface area contributed by atoms with E-state index in [1.54, 1.807) is 18.4 Å². The normalized spacial score (nSPS) is 34.6. The fraction of sp³-hybridized carbons (Fsp3) is 0.375. The molecule has 1 aliphatic heterocycles. The number of hydrogen-bond donors (Lipinski definition) is 2. The van der Waals surface area contributed by atoms with Crippen LogP contribution in [0.1, 0.15) is 6.42 Å². The van der Waals surface area contributed by atoms with Crippen LogP contribution in [0.3, 0.4) is 0 Å². The monoisotopic (exact) mass is 185 g/mol. The van der Waals surface area contributed by atoms with Crippen LogP contribution in [-0.4, -0.2) is 16.8 Å². The van der Waals surface area contributed by atoms with Crippen molar-refractivity contribution in [3.63, 3.8) is 0 Å². The van der Waals surface area contributed by atoms with Gasteiger partial charge in [-0.15, -0.1) is 6.58 Å². The zero-order chi connectivity index (χ0) is 9.19. The Hall–Kier alpha value is -0.640. The van der Waals surface area contributed by atoms with Crippen molar-refractivity contribution in [3.8, 4) is 0 Å². The summed E-state index contributed by atoms with van der Waals surface area (Å²) in [5, 5.41) is 0.349. The summed E-state index contributed by atoms with van der Waals surface area (Å²) in [6, 6.07) is -0.429. The van der Waals surface area contributed by atoms with Gasteiger partial charge >= 0.3 is 0 Å². The quantitative estimate of drug-likeness (QED) is 0.624. The molecule has 0 saturated heterocycles. The smallest absolute Gasteiger partial charge is 0.125 e. The Bertz CT molecular complexity index is 247. The molecule has 0 aromatic rings. The summed E-state index contributed by atoms with van der Waals surface area (Å²) in [7, 11) is 0. The highest BCUT2D eigenvalue weighted by molar-refractivity contribution is 6.67. The molecule has 4 heteroatoms.